The van der Waals surface area contributed by atoms with Crippen molar-refractivity contribution in [2.24, 2.45) is 5.92 Å². The van der Waals surface area contributed by atoms with E-state index in [9.17, 15) is 22.8 Å². The van der Waals surface area contributed by atoms with Crippen LogP contribution in [0.4, 0.5) is 19.0 Å². The van der Waals surface area contributed by atoms with E-state index in [0.717, 1.165) is 25.1 Å². The Hall–Kier alpha value is -2.93. The van der Waals surface area contributed by atoms with Gasteiger partial charge in [-0.3, -0.25) is 9.59 Å². The number of rotatable bonds is 8. The SMILES string of the molecule is CC(C)(OCc1cc(CI)cc(-c2cc(NC(=O)[C@@H]3CNC(=O)C3)nn2-c2ccccc2)c1)C(F)(F)F. The molecule has 1 fully saturated rings. The molecule has 2 N–H and O–H groups in total. The van der Waals surface area contributed by atoms with Gasteiger partial charge in [0.05, 0.1) is 23.9 Å². The van der Waals surface area contributed by atoms with E-state index in [2.05, 4.69) is 38.3 Å². The van der Waals surface area contributed by atoms with Gasteiger partial charge in [-0.25, -0.2) is 4.68 Å². The quantitative estimate of drug-likeness (QED) is 0.259. The number of alkyl halides is 4. The number of halogens is 4. The highest BCUT2D eigenvalue weighted by Gasteiger charge is 2.48. The molecule has 0 saturated carbocycles. The third-order valence-corrected chi connectivity index (χ3v) is 6.98. The van der Waals surface area contributed by atoms with Gasteiger partial charge in [-0.15, -0.1) is 5.10 Å². The van der Waals surface area contributed by atoms with Gasteiger partial charge in [-0.05, 0) is 49.2 Å². The van der Waals surface area contributed by atoms with Crippen LogP contribution in [0.2, 0.25) is 0 Å². The molecule has 1 atom stereocenters. The number of anilines is 1. The van der Waals surface area contributed by atoms with Crippen LogP contribution in [0.25, 0.3) is 16.9 Å². The number of benzene rings is 2. The van der Waals surface area contributed by atoms with Gasteiger partial charge in [-0.2, -0.15) is 13.2 Å². The Labute approximate surface area is 225 Å². The number of hydrogen-bond donors (Lipinski definition) is 2. The summed E-state index contributed by atoms with van der Waals surface area (Å²) in [5.74, 6) is -0.665. The molecule has 3 aromatic rings. The van der Waals surface area contributed by atoms with Crippen molar-refractivity contribution in [2.45, 2.75) is 43.1 Å². The number of para-hydroxylation sites is 1. The second-order valence-electron chi connectivity index (χ2n) is 9.33. The van der Waals surface area contributed by atoms with Crippen molar-refractivity contribution >= 4 is 40.2 Å². The highest BCUT2D eigenvalue weighted by molar-refractivity contribution is 14.1. The largest absolute Gasteiger partial charge is 0.416 e. The van der Waals surface area contributed by atoms with E-state index in [-0.39, 0.29) is 31.4 Å². The zero-order valence-corrected chi connectivity index (χ0v) is 22.4. The van der Waals surface area contributed by atoms with Crippen molar-refractivity contribution in [3.8, 4) is 16.9 Å². The van der Waals surface area contributed by atoms with Crippen LogP contribution in [0, 0.1) is 5.92 Å². The van der Waals surface area contributed by atoms with E-state index in [0.29, 0.717) is 27.1 Å². The van der Waals surface area contributed by atoms with E-state index in [1.165, 1.54) is 0 Å². The third-order valence-electron chi connectivity index (χ3n) is 6.09. The van der Waals surface area contributed by atoms with E-state index >= 15 is 0 Å². The summed E-state index contributed by atoms with van der Waals surface area (Å²) in [6.45, 7) is 2.05. The molecular formula is C26H26F3IN4O3. The van der Waals surface area contributed by atoms with Crippen molar-refractivity contribution in [1.29, 1.82) is 0 Å². The molecule has 1 saturated heterocycles. The van der Waals surface area contributed by atoms with Crippen LogP contribution in [-0.4, -0.2) is 39.9 Å². The second kappa shape index (κ2) is 10.8. The Morgan fingerprint density at radius 1 is 1.16 bits per heavy atom. The molecule has 7 nitrogen and oxygen atoms in total. The number of nitrogens with zero attached hydrogens (tertiary/aromatic N) is 2. The van der Waals surface area contributed by atoms with Crippen molar-refractivity contribution in [3.05, 3.63) is 65.7 Å². The summed E-state index contributed by atoms with van der Waals surface area (Å²) < 4.78 is 47.5. The molecule has 0 radical (unpaired) electrons. The number of hydrogen-bond acceptors (Lipinski definition) is 4. The molecule has 11 heteroatoms. The molecule has 0 spiro atoms. The molecule has 37 heavy (non-hydrogen) atoms. The number of ether oxygens (including phenoxy) is 1. The molecule has 2 heterocycles. The summed E-state index contributed by atoms with van der Waals surface area (Å²) in [6.07, 6.45) is -4.39. The summed E-state index contributed by atoms with van der Waals surface area (Å²) in [6, 6.07) is 16.5. The fraction of sp³-hybridized carbons (Fsp3) is 0.346. The van der Waals surface area contributed by atoms with Crippen LogP contribution in [0.3, 0.4) is 0 Å². The van der Waals surface area contributed by atoms with Crippen LogP contribution in [0.5, 0.6) is 0 Å². The summed E-state index contributed by atoms with van der Waals surface area (Å²) in [5, 5.41) is 10.0. The van der Waals surface area contributed by atoms with Crippen molar-refractivity contribution in [2.75, 3.05) is 11.9 Å². The van der Waals surface area contributed by atoms with Gasteiger partial charge in [0.1, 0.15) is 0 Å². The van der Waals surface area contributed by atoms with Crippen molar-refractivity contribution in [3.63, 3.8) is 0 Å². The minimum atomic E-state index is -4.50. The van der Waals surface area contributed by atoms with Crippen molar-refractivity contribution in [1.82, 2.24) is 15.1 Å². The van der Waals surface area contributed by atoms with E-state index < -0.39 is 17.7 Å². The smallest absolute Gasteiger partial charge is 0.361 e. The molecule has 0 unspecified atom stereocenters. The van der Waals surface area contributed by atoms with Gasteiger partial charge in [-0.1, -0.05) is 46.9 Å². The Bertz CT molecular complexity index is 1290. The number of carbonyl (C=O) groups is 2. The molecule has 1 aliphatic rings. The average Bonchev–Trinajstić information content (AvgIpc) is 3.49. The summed E-state index contributed by atoms with van der Waals surface area (Å²) in [4.78, 5) is 24.2. The molecular weight excluding hydrogens is 600 g/mol. The molecule has 0 bridgehead atoms. The van der Waals surface area contributed by atoms with Gasteiger partial charge in [0, 0.05) is 29.0 Å². The predicted molar refractivity (Wildman–Crippen MR) is 141 cm³/mol. The number of aromatic nitrogens is 2. The first-order valence-corrected chi connectivity index (χ1v) is 13.1. The monoisotopic (exact) mass is 626 g/mol. The molecule has 2 aromatic carbocycles. The first-order valence-electron chi connectivity index (χ1n) is 11.6. The van der Waals surface area contributed by atoms with Crippen LogP contribution in [0.15, 0.2) is 54.6 Å². The van der Waals surface area contributed by atoms with Crippen LogP contribution in [0.1, 0.15) is 31.4 Å². The fourth-order valence-electron chi connectivity index (χ4n) is 3.85. The number of carbonyl (C=O) groups excluding carboxylic acids is 2. The number of nitrogens with one attached hydrogen (secondary N) is 2. The topological polar surface area (TPSA) is 85.2 Å². The zero-order valence-electron chi connectivity index (χ0n) is 20.2. The van der Waals surface area contributed by atoms with E-state index in [1.807, 2.05) is 42.5 Å². The van der Waals surface area contributed by atoms with E-state index in [1.54, 1.807) is 16.8 Å². The standard InChI is InChI=1S/C26H26F3IN4O3/c1-25(2,26(27,28)29)37-15-17-8-16(13-30)9-18(10-17)21-12-22(32-24(36)19-11-23(35)31-14-19)33-34(21)20-6-4-3-5-7-20/h3-10,12,19H,11,13-15H2,1-2H3,(H,31,35)(H,32,33,36)/t19-/m0/s1. The predicted octanol–water partition coefficient (Wildman–Crippen LogP) is 5.41. The average molecular weight is 626 g/mol. The van der Waals surface area contributed by atoms with Gasteiger partial charge in [0.15, 0.2) is 11.4 Å². The molecule has 4 rings (SSSR count). The molecule has 0 aliphatic carbocycles. The summed E-state index contributed by atoms with van der Waals surface area (Å²) >= 11 is 2.19. The highest BCUT2D eigenvalue weighted by atomic mass is 127. The Kier molecular flexibility index (Phi) is 7.93. The van der Waals surface area contributed by atoms with Gasteiger partial charge in [0.2, 0.25) is 11.8 Å². The summed E-state index contributed by atoms with van der Waals surface area (Å²) in [7, 11) is 0. The van der Waals surface area contributed by atoms with Crippen LogP contribution >= 0.6 is 22.6 Å². The van der Waals surface area contributed by atoms with E-state index in [4.69, 9.17) is 4.74 Å². The minimum Gasteiger partial charge on any atom is -0.361 e. The molecule has 1 aromatic heterocycles. The maximum absolute atomic E-state index is 13.3. The van der Waals surface area contributed by atoms with Gasteiger partial charge >= 0.3 is 6.18 Å². The maximum Gasteiger partial charge on any atom is 0.416 e. The second-order valence-corrected chi connectivity index (χ2v) is 10.1. The zero-order chi connectivity index (χ0) is 26.8. The van der Waals surface area contributed by atoms with Crippen LogP contribution < -0.4 is 10.6 Å². The highest BCUT2D eigenvalue weighted by Crippen LogP contribution is 2.35. The normalized spacial score (nSPS) is 16.1. The van der Waals surface area contributed by atoms with Crippen LogP contribution in [-0.2, 0) is 25.4 Å². The third kappa shape index (κ3) is 6.32. The summed E-state index contributed by atoms with van der Waals surface area (Å²) in [5.41, 5.74) is 1.29. The Morgan fingerprint density at radius 2 is 1.86 bits per heavy atom. The lowest BCUT2D eigenvalue weighted by atomic mass is 10.0. The van der Waals surface area contributed by atoms with Gasteiger partial charge < -0.3 is 15.4 Å². The molecule has 196 valence electrons. The fourth-order valence-corrected chi connectivity index (χ4v) is 4.29. The first kappa shape index (κ1) is 27.1. The Morgan fingerprint density at radius 3 is 2.49 bits per heavy atom. The number of amides is 2. The van der Waals surface area contributed by atoms with Gasteiger partial charge in [0.25, 0.3) is 0 Å². The first-order chi connectivity index (χ1) is 17.5. The lowest BCUT2D eigenvalue weighted by Gasteiger charge is -2.28. The lowest BCUT2D eigenvalue weighted by molar-refractivity contribution is -0.267. The molecule has 1 aliphatic heterocycles. The van der Waals surface area contributed by atoms with Crippen molar-refractivity contribution < 1.29 is 27.5 Å². The minimum absolute atomic E-state index is 0.118. The maximum atomic E-state index is 13.3. The Balaban J connectivity index is 1.69. The molecule has 2 amide bonds. The lowest BCUT2D eigenvalue weighted by Crippen LogP contribution is -2.41.